The largest absolute Gasteiger partial charge is 0.439 e. The van der Waals surface area contributed by atoms with Crippen LogP contribution in [0.3, 0.4) is 0 Å². The van der Waals surface area contributed by atoms with Crippen molar-refractivity contribution in [2.45, 2.75) is 44.9 Å². The Labute approximate surface area is 209 Å². The van der Waals surface area contributed by atoms with Crippen LogP contribution >= 0.6 is 0 Å². The molecule has 1 heterocycles. The summed E-state index contributed by atoms with van der Waals surface area (Å²) in [5.41, 5.74) is 3.41. The predicted octanol–water partition coefficient (Wildman–Crippen LogP) is 5.82. The Morgan fingerprint density at radius 2 is 1.61 bits per heavy atom. The molecular weight excluding hydrogens is 460 g/mol. The highest BCUT2D eigenvalue weighted by Crippen LogP contribution is 2.35. The lowest BCUT2D eigenvalue weighted by Gasteiger charge is -2.25. The van der Waals surface area contributed by atoms with E-state index in [-0.39, 0.29) is 11.6 Å². The van der Waals surface area contributed by atoms with Gasteiger partial charge in [-0.2, -0.15) is 5.10 Å². The van der Waals surface area contributed by atoms with Crippen molar-refractivity contribution in [1.82, 2.24) is 14.7 Å². The Morgan fingerprint density at radius 3 is 2.25 bits per heavy atom. The fraction of sp³-hybridized carbons (Fsp3) is 0.276. The van der Waals surface area contributed by atoms with E-state index in [2.05, 4.69) is 4.90 Å². The third-order valence-electron chi connectivity index (χ3n) is 6.42. The second kappa shape index (κ2) is 10.6. The van der Waals surface area contributed by atoms with Crippen LogP contribution in [0.1, 0.15) is 29.7 Å². The molecule has 1 fully saturated rings. The first-order valence-corrected chi connectivity index (χ1v) is 12.2. The van der Waals surface area contributed by atoms with Gasteiger partial charge in [-0.1, -0.05) is 30.3 Å². The highest BCUT2D eigenvalue weighted by atomic mass is 19.1. The molecule has 5 rings (SSSR count). The number of halogens is 2. The van der Waals surface area contributed by atoms with Gasteiger partial charge in [-0.3, -0.25) is 4.90 Å². The van der Waals surface area contributed by atoms with Gasteiger partial charge in [0.05, 0.1) is 23.0 Å². The highest BCUT2D eigenvalue weighted by molar-refractivity contribution is 5.43. The molecule has 5 nitrogen and oxygen atoms in total. The van der Waals surface area contributed by atoms with E-state index in [4.69, 9.17) is 9.84 Å². The molecule has 0 saturated heterocycles. The molecule has 1 aromatic heterocycles. The zero-order valence-corrected chi connectivity index (χ0v) is 20.1. The minimum atomic E-state index is -0.512. The lowest BCUT2D eigenvalue weighted by molar-refractivity contribution is 0.103. The van der Waals surface area contributed by atoms with Crippen molar-refractivity contribution in [2.75, 3.05) is 6.54 Å². The second-order valence-electron chi connectivity index (χ2n) is 9.32. The standard InChI is InChI=1S/C29H29F2N3O2/c1-20-28(19-33(24-13-14-24)18-26(35)17-21-5-3-2-4-6-21)29(36-27-15-9-23(31)10-16-27)34(32-20)25-11-7-22(30)8-12-25/h2-12,15-16,24,26,35H,13-14,17-19H2,1H3/t26-/m1/s1. The number of hydrogen-bond acceptors (Lipinski definition) is 4. The topological polar surface area (TPSA) is 50.5 Å². The molecule has 0 bridgehead atoms. The SMILES string of the molecule is Cc1nn(-c2ccc(F)cc2)c(Oc2ccc(F)cc2)c1CN(C[C@H](O)Cc1ccccc1)C1CC1. The Kier molecular flexibility index (Phi) is 7.11. The lowest BCUT2D eigenvalue weighted by atomic mass is 10.1. The van der Waals surface area contributed by atoms with Crippen LogP contribution in [0.4, 0.5) is 8.78 Å². The maximum absolute atomic E-state index is 13.6. The third kappa shape index (κ3) is 5.80. The smallest absolute Gasteiger partial charge is 0.227 e. The van der Waals surface area contributed by atoms with Crippen LogP contribution in [0, 0.1) is 18.6 Å². The summed E-state index contributed by atoms with van der Waals surface area (Å²) in [5.74, 6) is 0.284. The van der Waals surface area contributed by atoms with Gasteiger partial charge < -0.3 is 9.84 Å². The van der Waals surface area contributed by atoms with Gasteiger partial charge in [-0.05, 0) is 80.3 Å². The summed E-state index contributed by atoms with van der Waals surface area (Å²) in [6, 6.07) is 22.2. The zero-order valence-electron chi connectivity index (χ0n) is 20.1. The molecule has 4 aromatic rings. The van der Waals surface area contributed by atoms with E-state index in [1.165, 1.54) is 24.3 Å². The fourth-order valence-corrected chi connectivity index (χ4v) is 4.40. The van der Waals surface area contributed by atoms with E-state index in [9.17, 15) is 13.9 Å². The van der Waals surface area contributed by atoms with Crippen molar-refractivity contribution in [1.29, 1.82) is 0 Å². The summed E-state index contributed by atoms with van der Waals surface area (Å²) in [6.07, 6.45) is 2.23. The molecule has 3 aromatic carbocycles. The van der Waals surface area contributed by atoms with E-state index in [1.807, 2.05) is 37.3 Å². The monoisotopic (exact) mass is 489 g/mol. The number of aliphatic hydroxyl groups excluding tert-OH is 1. The predicted molar refractivity (Wildman–Crippen MR) is 134 cm³/mol. The van der Waals surface area contributed by atoms with E-state index in [0.29, 0.717) is 42.9 Å². The van der Waals surface area contributed by atoms with Crippen molar-refractivity contribution >= 4 is 0 Å². The number of hydrogen-bond donors (Lipinski definition) is 1. The molecule has 1 saturated carbocycles. The maximum Gasteiger partial charge on any atom is 0.227 e. The van der Waals surface area contributed by atoms with Gasteiger partial charge in [-0.15, -0.1) is 0 Å². The zero-order chi connectivity index (χ0) is 25.1. The molecular formula is C29H29F2N3O2. The molecule has 0 spiro atoms. The van der Waals surface area contributed by atoms with E-state index in [0.717, 1.165) is 29.7 Å². The molecule has 1 atom stereocenters. The van der Waals surface area contributed by atoms with Crippen LogP contribution in [0.5, 0.6) is 11.6 Å². The van der Waals surface area contributed by atoms with Crippen molar-refractivity contribution in [3.8, 4) is 17.3 Å². The van der Waals surface area contributed by atoms with Crippen molar-refractivity contribution in [3.63, 3.8) is 0 Å². The average molecular weight is 490 g/mol. The van der Waals surface area contributed by atoms with Crippen molar-refractivity contribution < 1.29 is 18.6 Å². The minimum Gasteiger partial charge on any atom is -0.439 e. The van der Waals surface area contributed by atoms with E-state index in [1.54, 1.807) is 28.9 Å². The Balaban J connectivity index is 1.44. The number of benzene rings is 3. The van der Waals surface area contributed by atoms with Crippen molar-refractivity contribution in [2.24, 2.45) is 0 Å². The first-order chi connectivity index (χ1) is 17.5. The second-order valence-corrected chi connectivity index (χ2v) is 9.32. The van der Waals surface area contributed by atoms with Crippen LogP contribution in [0.25, 0.3) is 5.69 Å². The first-order valence-electron chi connectivity index (χ1n) is 12.2. The van der Waals surface area contributed by atoms with Gasteiger partial charge in [0.25, 0.3) is 0 Å². The third-order valence-corrected chi connectivity index (χ3v) is 6.42. The lowest BCUT2D eigenvalue weighted by Crippen LogP contribution is -2.35. The quantitative estimate of drug-likeness (QED) is 0.305. The Hall–Kier alpha value is -3.55. The summed E-state index contributed by atoms with van der Waals surface area (Å²) in [5, 5.41) is 15.6. The van der Waals surface area contributed by atoms with Crippen LogP contribution < -0.4 is 4.74 Å². The molecule has 1 aliphatic rings. The first kappa shape index (κ1) is 24.2. The molecule has 1 aliphatic carbocycles. The Bertz CT molecular complexity index is 1290. The van der Waals surface area contributed by atoms with Gasteiger partial charge in [0.15, 0.2) is 0 Å². The van der Waals surface area contributed by atoms with Gasteiger partial charge in [-0.25, -0.2) is 13.5 Å². The number of aromatic nitrogens is 2. The molecule has 7 heteroatoms. The summed E-state index contributed by atoms with van der Waals surface area (Å²) in [7, 11) is 0. The van der Waals surface area contributed by atoms with Gasteiger partial charge in [0, 0.05) is 19.1 Å². The number of rotatable bonds is 10. The summed E-state index contributed by atoms with van der Waals surface area (Å²) in [4.78, 5) is 2.28. The molecule has 0 aliphatic heterocycles. The normalized spacial score (nSPS) is 14.2. The highest BCUT2D eigenvalue weighted by Gasteiger charge is 2.32. The number of nitrogens with zero attached hydrogens (tertiary/aromatic N) is 3. The van der Waals surface area contributed by atoms with Gasteiger partial charge >= 0.3 is 0 Å². The fourth-order valence-electron chi connectivity index (χ4n) is 4.40. The average Bonchev–Trinajstić information content (AvgIpc) is 3.68. The van der Waals surface area contributed by atoms with Gasteiger partial charge in [0.2, 0.25) is 5.88 Å². The minimum absolute atomic E-state index is 0.337. The molecule has 1 N–H and O–H groups in total. The maximum atomic E-state index is 13.6. The summed E-state index contributed by atoms with van der Waals surface area (Å²) in [6.45, 7) is 2.98. The number of aryl methyl sites for hydroxylation is 1. The summed E-state index contributed by atoms with van der Waals surface area (Å²) >= 11 is 0. The van der Waals surface area contributed by atoms with Crippen molar-refractivity contribution in [3.05, 3.63) is 107 Å². The molecule has 186 valence electrons. The number of ether oxygens (including phenoxy) is 1. The molecule has 0 unspecified atom stereocenters. The number of aliphatic hydroxyl groups is 1. The van der Waals surface area contributed by atoms with Crippen LogP contribution in [0.2, 0.25) is 0 Å². The van der Waals surface area contributed by atoms with E-state index >= 15 is 0 Å². The van der Waals surface area contributed by atoms with Crippen LogP contribution in [-0.4, -0.2) is 38.5 Å². The molecule has 0 radical (unpaired) electrons. The molecule has 36 heavy (non-hydrogen) atoms. The van der Waals surface area contributed by atoms with Crippen LogP contribution in [0.15, 0.2) is 78.9 Å². The van der Waals surface area contributed by atoms with E-state index < -0.39 is 6.10 Å². The van der Waals surface area contributed by atoms with Gasteiger partial charge in [0.1, 0.15) is 17.4 Å². The Morgan fingerprint density at radius 1 is 0.972 bits per heavy atom. The molecule has 0 amide bonds. The summed E-state index contributed by atoms with van der Waals surface area (Å²) < 4.78 is 35.0. The van der Waals surface area contributed by atoms with Crippen LogP contribution in [-0.2, 0) is 13.0 Å².